The second kappa shape index (κ2) is 4.50. The van der Waals surface area contributed by atoms with Crippen molar-refractivity contribution >= 4 is 8.46 Å². The number of aliphatic hydroxyl groups excluding tert-OH is 1. The van der Waals surface area contributed by atoms with Gasteiger partial charge in [-0.1, -0.05) is 13.8 Å². The Balaban J connectivity index is 2.74. The van der Waals surface area contributed by atoms with Gasteiger partial charge >= 0.3 is 0 Å². The molecule has 1 aliphatic rings. The summed E-state index contributed by atoms with van der Waals surface area (Å²) in [6.45, 7) is 5.90. The van der Waals surface area contributed by atoms with Crippen LogP contribution >= 0.6 is 8.46 Å². The van der Waals surface area contributed by atoms with Crippen molar-refractivity contribution in [1.29, 1.82) is 0 Å². The summed E-state index contributed by atoms with van der Waals surface area (Å²) in [7, 11) is 0.0337. The van der Waals surface area contributed by atoms with E-state index in [1.54, 1.807) is 0 Å². The average molecular weight is 203 g/mol. The summed E-state index contributed by atoms with van der Waals surface area (Å²) in [5, 5.41) is 9.78. The summed E-state index contributed by atoms with van der Waals surface area (Å²) in [6, 6.07) is 0. The molecule has 0 aromatic heterocycles. The van der Waals surface area contributed by atoms with Crippen LogP contribution in [0.2, 0.25) is 0 Å². The molecular weight excluding hydrogens is 186 g/mol. The molecule has 5 atom stereocenters. The van der Waals surface area contributed by atoms with E-state index in [-0.39, 0.29) is 32.2 Å². The van der Waals surface area contributed by atoms with Crippen LogP contribution in [0.25, 0.3) is 0 Å². The van der Waals surface area contributed by atoms with Crippen LogP contribution in [0.15, 0.2) is 0 Å². The fourth-order valence-electron chi connectivity index (χ4n) is 1.78. The Kier molecular flexibility index (Phi) is 3.84. The minimum Gasteiger partial charge on any atom is -0.389 e. The Morgan fingerprint density at radius 2 is 2.08 bits per heavy atom. The predicted octanol–water partition coefficient (Wildman–Crippen LogP) is 1.84. The van der Waals surface area contributed by atoms with Crippen LogP contribution in [0.4, 0.5) is 0 Å². The zero-order valence-corrected chi connectivity index (χ0v) is 9.20. The highest BCUT2D eigenvalue weighted by Crippen LogP contribution is 2.33. The maximum absolute atomic E-state index is 10.9. The van der Waals surface area contributed by atoms with Crippen molar-refractivity contribution in [2.45, 2.75) is 51.2 Å². The van der Waals surface area contributed by atoms with Crippen LogP contribution in [-0.2, 0) is 9.30 Å². The Bertz CT molecular complexity index is 186. The Morgan fingerprint density at radius 3 is 2.54 bits per heavy atom. The van der Waals surface area contributed by atoms with E-state index in [4.69, 9.17) is 4.74 Å². The van der Waals surface area contributed by atoms with Crippen LogP contribution in [0.5, 0.6) is 0 Å². The summed E-state index contributed by atoms with van der Waals surface area (Å²) in [5.41, 5.74) is -0.173. The third kappa shape index (κ3) is 2.09. The molecule has 2 unspecified atom stereocenters. The Labute approximate surface area is 80.7 Å². The van der Waals surface area contributed by atoms with Gasteiger partial charge in [0.2, 0.25) is 0 Å². The summed E-state index contributed by atoms with van der Waals surface area (Å²) in [6.07, 6.45) is 0.109. The molecule has 0 aromatic carbocycles. The van der Waals surface area contributed by atoms with Gasteiger partial charge in [0.15, 0.2) is 8.46 Å². The van der Waals surface area contributed by atoms with Crippen molar-refractivity contribution in [1.82, 2.24) is 0 Å². The molecule has 1 aliphatic heterocycles. The highest BCUT2D eigenvalue weighted by Gasteiger charge is 2.40. The van der Waals surface area contributed by atoms with Crippen LogP contribution < -0.4 is 0 Å². The largest absolute Gasteiger partial charge is 0.389 e. The van der Waals surface area contributed by atoms with Gasteiger partial charge in [-0.25, -0.2) is 0 Å². The highest BCUT2D eigenvalue weighted by molar-refractivity contribution is 7.24. The van der Waals surface area contributed by atoms with Gasteiger partial charge in [0.05, 0.1) is 24.0 Å². The van der Waals surface area contributed by atoms with E-state index >= 15 is 0 Å². The van der Waals surface area contributed by atoms with Crippen molar-refractivity contribution in [3.63, 3.8) is 0 Å². The normalized spacial score (nSPS) is 46.6. The lowest BCUT2D eigenvalue weighted by atomic mass is 9.90. The van der Waals surface area contributed by atoms with E-state index in [0.29, 0.717) is 0 Å². The molecule has 0 spiro atoms. The van der Waals surface area contributed by atoms with Gasteiger partial charge in [0.1, 0.15) is 0 Å². The maximum Gasteiger partial charge on any atom is 0.161 e. The lowest BCUT2D eigenvalue weighted by Crippen LogP contribution is -2.49. The molecule has 1 heterocycles. The molecule has 1 rings (SSSR count). The molecule has 13 heavy (non-hydrogen) atoms. The van der Waals surface area contributed by atoms with Gasteiger partial charge < -0.3 is 9.84 Å². The minimum atomic E-state index is -0.588. The first-order valence-electron chi connectivity index (χ1n) is 4.77. The molecule has 1 saturated heterocycles. The monoisotopic (exact) mass is 203 g/mol. The summed E-state index contributed by atoms with van der Waals surface area (Å²) in [5.74, 6) is 0.150. The fourth-order valence-corrected chi connectivity index (χ4v) is 2.54. The number of aliphatic hydroxyl groups is 1. The van der Waals surface area contributed by atoms with Gasteiger partial charge in [-0.3, -0.25) is 4.57 Å². The molecule has 0 saturated carbocycles. The molecule has 3 nitrogen and oxygen atoms in total. The lowest BCUT2D eigenvalue weighted by molar-refractivity contribution is -0.131. The molecule has 0 bridgehead atoms. The van der Waals surface area contributed by atoms with Gasteiger partial charge in [0.25, 0.3) is 0 Å². The summed E-state index contributed by atoms with van der Waals surface area (Å²) in [4.78, 5) is 0. The first-order valence-corrected chi connectivity index (χ1v) is 5.66. The van der Waals surface area contributed by atoms with E-state index in [1.807, 2.05) is 20.8 Å². The van der Waals surface area contributed by atoms with E-state index < -0.39 is 6.10 Å². The molecular formula is C9H17O3P. The second-order valence-corrected chi connectivity index (χ2v) is 4.54. The minimum absolute atomic E-state index is 0.0337. The molecule has 0 amide bonds. The topological polar surface area (TPSA) is 46.5 Å². The van der Waals surface area contributed by atoms with Gasteiger partial charge in [-0.2, -0.15) is 0 Å². The van der Waals surface area contributed by atoms with Crippen molar-refractivity contribution < 1.29 is 14.4 Å². The van der Waals surface area contributed by atoms with Gasteiger partial charge in [-0.05, 0) is 19.3 Å². The lowest BCUT2D eigenvalue weighted by Gasteiger charge is -2.39. The predicted molar refractivity (Wildman–Crippen MR) is 51.2 cm³/mol. The molecule has 4 heteroatoms. The smallest absolute Gasteiger partial charge is 0.161 e. The van der Waals surface area contributed by atoms with Crippen molar-refractivity contribution in [2.24, 2.45) is 5.92 Å². The zero-order chi connectivity index (χ0) is 10.0. The van der Waals surface area contributed by atoms with E-state index in [0.717, 1.165) is 6.42 Å². The number of hydrogen-bond acceptors (Lipinski definition) is 3. The molecule has 76 valence electrons. The van der Waals surface area contributed by atoms with Crippen molar-refractivity contribution in [3.05, 3.63) is 0 Å². The number of rotatable bonds is 2. The van der Waals surface area contributed by atoms with Crippen LogP contribution in [0.3, 0.4) is 0 Å². The Hall–Kier alpha value is 0.0200. The van der Waals surface area contributed by atoms with Crippen molar-refractivity contribution in [2.75, 3.05) is 0 Å². The standard InChI is InChI=1S/C9H17O3P/c1-4-7-8(10)9(13-11)5(2)6(3)12-7/h5-10H,4H2,1-3H3/t5?,6-,7?,8+,9+/m0/s1/i11-1. The highest BCUT2D eigenvalue weighted by atomic mass is 31.1. The number of ether oxygens (including phenoxy) is 1. The van der Waals surface area contributed by atoms with Crippen molar-refractivity contribution in [3.8, 4) is 0 Å². The van der Waals surface area contributed by atoms with Gasteiger partial charge in [-0.15, -0.1) is 0 Å². The van der Waals surface area contributed by atoms with Gasteiger partial charge in [0, 0.05) is 0 Å². The molecule has 1 N–H and O–H groups in total. The average Bonchev–Trinajstić information content (AvgIpc) is 2.12. The van der Waals surface area contributed by atoms with Crippen LogP contribution in [0.1, 0.15) is 27.2 Å². The third-order valence-electron chi connectivity index (χ3n) is 2.92. The Morgan fingerprint density at radius 1 is 1.46 bits per heavy atom. The SMILES string of the molecule is CCC1O[C@@H](C)C(C)[C@@H](P=[15O])[C@@H]1O. The number of hydrogen-bond donors (Lipinski definition) is 1. The van der Waals surface area contributed by atoms with E-state index in [1.165, 1.54) is 0 Å². The third-order valence-corrected chi connectivity index (χ3v) is 3.94. The fraction of sp³-hybridized carbons (Fsp3) is 1.00. The summed E-state index contributed by atoms with van der Waals surface area (Å²) >= 11 is 0. The first-order chi connectivity index (χ1) is 6.11. The molecule has 1 fully saturated rings. The van der Waals surface area contributed by atoms with E-state index in [2.05, 4.69) is 0 Å². The molecule has 0 radical (unpaired) electrons. The second-order valence-electron chi connectivity index (χ2n) is 3.73. The van der Waals surface area contributed by atoms with E-state index in [9.17, 15) is 9.67 Å². The quantitative estimate of drug-likeness (QED) is 0.696. The van der Waals surface area contributed by atoms with Crippen LogP contribution in [-0.4, -0.2) is 29.1 Å². The van der Waals surface area contributed by atoms with Crippen LogP contribution in [0, 0.1) is 5.92 Å². The summed E-state index contributed by atoms with van der Waals surface area (Å²) < 4.78 is 16.5. The first kappa shape index (κ1) is 11.1. The zero-order valence-electron chi connectivity index (χ0n) is 8.30. The maximum atomic E-state index is 10.9. The molecule has 0 aromatic rings. The molecule has 0 aliphatic carbocycles.